The largest absolute Gasteiger partial charge is 0.342 e. The topological polar surface area (TPSA) is 66.8 Å². The van der Waals surface area contributed by atoms with Crippen molar-refractivity contribution in [2.45, 2.75) is 37.6 Å². The summed E-state index contributed by atoms with van der Waals surface area (Å²) in [5.41, 5.74) is 1.09. The Labute approximate surface area is 141 Å². The van der Waals surface area contributed by atoms with Gasteiger partial charge in [-0.1, -0.05) is 49.0 Å². The third-order valence-corrected chi connectivity index (χ3v) is 7.30. The van der Waals surface area contributed by atoms with Crippen molar-refractivity contribution < 1.29 is 13.2 Å². The highest BCUT2D eigenvalue weighted by molar-refractivity contribution is 8.15. The summed E-state index contributed by atoms with van der Waals surface area (Å²) >= 11 is 1.44. The number of thioether (sulfide) groups is 1. The number of rotatable bonds is 4. The number of sulfone groups is 1. The van der Waals surface area contributed by atoms with Gasteiger partial charge in [0.05, 0.1) is 17.5 Å². The number of aliphatic imine (C=N–C) groups is 1. The Kier molecular flexibility index (Phi) is 4.77. The fraction of sp³-hybridized carbons (Fsp3) is 0.500. The summed E-state index contributed by atoms with van der Waals surface area (Å²) in [6, 6.07) is 9.80. The first kappa shape index (κ1) is 16.5. The van der Waals surface area contributed by atoms with E-state index >= 15 is 0 Å². The highest BCUT2D eigenvalue weighted by Crippen LogP contribution is 2.39. The van der Waals surface area contributed by atoms with Gasteiger partial charge in [0.25, 0.3) is 0 Å². The molecule has 5 nitrogen and oxygen atoms in total. The van der Waals surface area contributed by atoms with Gasteiger partial charge < -0.3 is 4.90 Å². The van der Waals surface area contributed by atoms with Crippen LogP contribution in [0.1, 0.15) is 25.3 Å². The number of benzene rings is 1. The molecule has 2 heterocycles. The lowest BCUT2D eigenvalue weighted by atomic mass is 10.1. The van der Waals surface area contributed by atoms with Crippen LogP contribution in [0.2, 0.25) is 0 Å². The molecule has 1 aromatic rings. The summed E-state index contributed by atoms with van der Waals surface area (Å²) in [5, 5.41) is 0.661. The molecule has 0 aliphatic carbocycles. The predicted molar refractivity (Wildman–Crippen MR) is 93.2 cm³/mol. The normalized spacial score (nSPS) is 27.3. The van der Waals surface area contributed by atoms with E-state index < -0.39 is 9.84 Å². The minimum Gasteiger partial charge on any atom is -0.342 e. The minimum absolute atomic E-state index is 0.0168. The van der Waals surface area contributed by atoms with Crippen molar-refractivity contribution in [1.29, 1.82) is 0 Å². The molecule has 124 valence electrons. The van der Waals surface area contributed by atoms with Crippen LogP contribution in [0.4, 0.5) is 0 Å². The SMILES string of the molecule is CCCC(=O)N=C1SC2CS(=O)(=O)CC2N1Cc1ccccc1. The van der Waals surface area contributed by atoms with Crippen LogP contribution in [0.15, 0.2) is 35.3 Å². The molecule has 0 aromatic heterocycles. The van der Waals surface area contributed by atoms with Gasteiger partial charge in [0, 0.05) is 18.2 Å². The molecule has 2 fully saturated rings. The lowest BCUT2D eigenvalue weighted by molar-refractivity contribution is -0.117. The Morgan fingerprint density at radius 3 is 2.74 bits per heavy atom. The number of amidine groups is 1. The molecule has 1 aromatic carbocycles. The molecular formula is C16H20N2O3S2. The van der Waals surface area contributed by atoms with E-state index in [0.29, 0.717) is 18.1 Å². The molecule has 0 bridgehead atoms. The van der Waals surface area contributed by atoms with Gasteiger partial charge in [-0.3, -0.25) is 4.79 Å². The van der Waals surface area contributed by atoms with Crippen molar-refractivity contribution in [2.75, 3.05) is 11.5 Å². The van der Waals surface area contributed by atoms with E-state index in [1.165, 1.54) is 11.8 Å². The fourth-order valence-corrected chi connectivity index (χ4v) is 6.95. The van der Waals surface area contributed by atoms with Gasteiger partial charge in [0.15, 0.2) is 15.0 Å². The molecule has 0 N–H and O–H groups in total. The van der Waals surface area contributed by atoms with Crippen LogP contribution in [0.5, 0.6) is 0 Å². The van der Waals surface area contributed by atoms with Crippen LogP contribution in [0.25, 0.3) is 0 Å². The van der Waals surface area contributed by atoms with Crippen LogP contribution >= 0.6 is 11.8 Å². The second-order valence-electron chi connectivity index (χ2n) is 5.95. The van der Waals surface area contributed by atoms with Crippen molar-refractivity contribution in [3.63, 3.8) is 0 Å². The summed E-state index contributed by atoms with van der Waals surface area (Å²) < 4.78 is 23.9. The summed E-state index contributed by atoms with van der Waals surface area (Å²) in [4.78, 5) is 18.1. The average Bonchev–Trinajstić information content (AvgIpc) is 2.94. The second-order valence-corrected chi connectivity index (χ2v) is 9.31. The maximum absolute atomic E-state index is 11.9. The third kappa shape index (κ3) is 3.77. The predicted octanol–water partition coefficient (Wildman–Crippen LogP) is 2.08. The molecule has 2 aliphatic heterocycles. The molecule has 0 saturated carbocycles. The van der Waals surface area contributed by atoms with E-state index in [-0.39, 0.29) is 28.7 Å². The van der Waals surface area contributed by atoms with Gasteiger partial charge in [0.1, 0.15) is 0 Å². The summed E-state index contributed by atoms with van der Waals surface area (Å²) in [6.07, 6.45) is 1.19. The number of carbonyl (C=O) groups is 1. The van der Waals surface area contributed by atoms with Gasteiger partial charge in [0.2, 0.25) is 5.91 Å². The Morgan fingerprint density at radius 1 is 1.30 bits per heavy atom. The van der Waals surface area contributed by atoms with Crippen LogP contribution in [0.3, 0.4) is 0 Å². The lowest BCUT2D eigenvalue weighted by Crippen LogP contribution is -2.37. The smallest absolute Gasteiger partial charge is 0.248 e. The van der Waals surface area contributed by atoms with E-state index in [2.05, 4.69) is 4.99 Å². The monoisotopic (exact) mass is 352 g/mol. The molecule has 2 unspecified atom stereocenters. The van der Waals surface area contributed by atoms with Crippen molar-refractivity contribution in [3.05, 3.63) is 35.9 Å². The Bertz CT molecular complexity index is 716. The summed E-state index contributed by atoms with van der Waals surface area (Å²) in [6.45, 7) is 2.53. The first-order valence-electron chi connectivity index (χ1n) is 7.77. The Morgan fingerprint density at radius 2 is 2.04 bits per heavy atom. The van der Waals surface area contributed by atoms with Crippen LogP contribution in [-0.2, 0) is 21.2 Å². The average molecular weight is 352 g/mol. The zero-order valence-electron chi connectivity index (χ0n) is 13.0. The second kappa shape index (κ2) is 6.65. The van der Waals surface area contributed by atoms with E-state index in [9.17, 15) is 13.2 Å². The number of carbonyl (C=O) groups excluding carboxylic acids is 1. The standard InChI is InChI=1S/C16H20N2O3S2/c1-2-6-15(19)17-16-18(9-12-7-4-3-5-8-12)13-10-23(20,21)11-14(13)22-16/h3-5,7-8,13-14H,2,6,9-11H2,1H3. The van der Waals surface area contributed by atoms with Gasteiger partial charge in [-0.2, -0.15) is 4.99 Å². The van der Waals surface area contributed by atoms with E-state index in [0.717, 1.165) is 12.0 Å². The number of amides is 1. The zero-order chi connectivity index (χ0) is 16.4. The highest BCUT2D eigenvalue weighted by atomic mass is 32.2. The lowest BCUT2D eigenvalue weighted by Gasteiger charge is -2.24. The number of fused-ring (bicyclic) bond motifs is 1. The van der Waals surface area contributed by atoms with Crippen LogP contribution in [0, 0.1) is 0 Å². The molecule has 2 atom stereocenters. The number of hydrogen-bond acceptors (Lipinski definition) is 4. The van der Waals surface area contributed by atoms with Crippen LogP contribution < -0.4 is 0 Å². The highest BCUT2D eigenvalue weighted by Gasteiger charge is 2.48. The van der Waals surface area contributed by atoms with Crippen molar-refractivity contribution in [2.24, 2.45) is 4.99 Å². The first-order chi connectivity index (χ1) is 11.0. The van der Waals surface area contributed by atoms with Crippen LogP contribution in [-0.4, -0.2) is 47.2 Å². The molecule has 0 radical (unpaired) electrons. The molecule has 2 saturated heterocycles. The molecule has 7 heteroatoms. The zero-order valence-corrected chi connectivity index (χ0v) is 14.6. The third-order valence-electron chi connectivity index (χ3n) is 4.05. The molecule has 3 rings (SSSR count). The van der Waals surface area contributed by atoms with Gasteiger partial charge in [-0.15, -0.1) is 0 Å². The van der Waals surface area contributed by atoms with Crippen molar-refractivity contribution in [1.82, 2.24) is 4.90 Å². The maximum atomic E-state index is 11.9. The van der Waals surface area contributed by atoms with Gasteiger partial charge in [-0.25, -0.2) is 8.42 Å². The van der Waals surface area contributed by atoms with E-state index in [4.69, 9.17) is 0 Å². The molecule has 23 heavy (non-hydrogen) atoms. The fourth-order valence-electron chi connectivity index (χ4n) is 2.98. The number of hydrogen-bond donors (Lipinski definition) is 0. The molecule has 2 aliphatic rings. The number of nitrogens with zero attached hydrogens (tertiary/aromatic N) is 2. The maximum Gasteiger partial charge on any atom is 0.248 e. The molecular weight excluding hydrogens is 332 g/mol. The first-order valence-corrected chi connectivity index (χ1v) is 10.5. The van der Waals surface area contributed by atoms with E-state index in [1.54, 1.807) is 0 Å². The summed E-state index contributed by atoms with van der Waals surface area (Å²) in [7, 11) is -3.00. The molecule has 0 spiro atoms. The van der Waals surface area contributed by atoms with Crippen molar-refractivity contribution in [3.8, 4) is 0 Å². The molecule has 1 amide bonds. The minimum atomic E-state index is -3.00. The Hall–Kier alpha value is -1.34. The van der Waals surface area contributed by atoms with Crippen molar-refractivity contribution >= 4 is 32.7 Å². The van der Waals surface area contributed by atoms with Gasteiger partial charge >= 0.3 is 0 Å². The Balaban J connectivity index is 1.86. The summed E-state index contributed by atoms with van der Waals surface area (Å²) in [5.74, 6) is 0.198. The quantitative estimate of drug-likeness (QED) is 0.830. The van der Waals surface area contributed by atoms with E-state index in [1.807, 2.05) is 42.2 Å². The van der Waals surface area contributed by atoms with Gasteiger partial charge in [-0.05, 0) is 12.0 Å².